The Morgan fingerprint density at radius 2 is 2.11 bits per heavy atom. The number of Topliss-reactive ketones (excluding diaryl/α,β-unsaturated/α-hetero) is 1. The number of halogens is 1. The predicted molar refractivity (Wildman–Crippen MR) is 64.5 cm³/mol. The Labute approximate surface area is 105 Å². The summed E-state index contributed by atoms with van der Waals surface area (Å²) in [4.78, 5) is 24.9. The van der Waals surface area contributed by atoms with E-state index in [1.807, 2.05) is 0 Å². The molecule has 1 fully saturated rings. The van der Waals surface area contributed by atoms with Crippen molar-refractivity contribution in [3.8, 4) is 0 Å². The zero-order valence-electron chi connectivity index (χ0n) is 9.93. The van der Waals surface area contributed by atoms with E-state index >= 15 is 0 Å². The lowest BCUT2D eigenvalue weighted by molar-refractivity contribution is -0.122. The number of hydrogen-bond donors (Lipinski definition) is 1. The molecule has 0 radical (unpaired) electrons. The van der Waals surface area contributed by atoms with Gasteiger partial charge in [-0.05, 0) is 31.5 Å². The van der Waals surface area contributed by atoms with Gasteiger partial charge in [-0.25, -0.2) is 4.39 Å². The highest BCUT2D eigenvalue weighted by Crippen LogP contribution is 2.18. The Hall–Kier alpha value is -1.75. The normalized spacial score (nSPS) is 19.9. The molecule has 1 aromatic rings. The van der Waals surface area contributed by atoms with E-state index in [1.54, 1.807) is 11.0 Å². The van der Waals surface area contributed by atoms with Crippen LogP contribution in [0.4, 0.5) is 4.39 Å². The van der Waals surface area contributed by atoms with Crippen LogP contribution in [-0.4, -0.2) is 35.7 Å². The van der Waals surface area contributed by atoms with Gasteiger partial charge in [-0.15, -0.1) is 0 Å². The molecule has 1 unspecified atom stereocenters. The first-order valence-corrected chi connectivity index (χ1v) is 5.90. The van der Waals surface area contributed by atoms with Gasteiger partial charge in [-0.3, -0.25) is 14.5 Å². The van der Waals surface area contributed by atoms with Crippen molar-refractivity contribution in [3.05, 3.63) is 35.6 Å². The molecule has 18 heavy (non-hydrogen) atoms. The van der Waals surface area contributed by atoms with Gasteiger partial charge in [0.15, 0.2) is 5.78 Å². The van der Waals surface area contributed by atoms with Crippen LogP contribution >= 0.6 is 0 Å². The molecule has 4 nitrogen and oxygen atoms in total. The van der Waals surface area contributed by atoms with Crippen LogP contribution < -0.4 is 5.73 Å². The first-order chi connectivity index (χ1) is 8.59. The highest BCUT2D eigenvalue weighted by Gasteiger charge is 2.30. The van der Waals surface area contributed by atoms with E-state index in [1.165, 1.54) is 18.2 Å². The van der Waals surface area contributed by atoms with Gasteiger partial charge in [0.25, 0.3) is 0 Å². The van der Waals surface area contributed by atoms with Crippen LogP contribution in [0.5, 0.6) is 0 Å². The second kappa shape index (κ2) is 5.27. The second-order valence-electron chi connectivity index (χ2n) is 4.43. The first kappa shape index (κ1) is 12.7. The van der Waals surface area contributed by atoms with Crippen LogP contribution in [0.2, 0.25) is 0 Å². The van der Waals surface area contributed by atoms with Crippen LogP contribution in [0, 0.1) is 5.82 Å². The number of carbonyl (C=O) groups excluding carboxylic acids is 2. The van der Waals surface area contributed by atoms with Crippen molar-refractivity contribution in [2.24, 2.45) is 5.73 Å². The maximum Gasteiger partial charge on any atom is 0.234 e. The van der Waals surface area contributed by atoms with Crippen molar-refractivity contribution in [2.75, 3.05) is 13.1 Å². The minimum Gasteiger partial charge on any atom is -0.368 e. The van der Waals surface area contributed by atoms with Gasteiger partial charge < -0.3 is 5.73 Å². The molecule has 2 N–H and O–H groups in total. The Balaban J connectivity index is 2.08. The number of hydrogen-bond acceptors (Lipinski definition) is 3. The molecule has 1 heterocycles. The molecule has 1 atom stereocenters. The molecular weight excluding hydrogens is 235 g/mol. The summed E-state index contributed by atoms with van der Waals surface area (Å²) in [6, 6.07) is 5.45. The summed E-state index contributed by atoms with van der Waals surface area (Å²) in [5.41, 5.74) is 5.33. The molecule has 1 aliphatic heterocycles. The van der Waals surface area contributed by atoms with Crippen molar-refractivity contribution in [1.29, 1.82) is 0 Å². The number of likely N-dealkylation sites (tertiary alicyclic amines) is 1. The van der Waals surface area contributed by atoms with Gasteiger partial charge in [0.05, 0.1) is 18.2 Å². The second-order valence-corrected chi connectivity index (χ2v) is 4.43. The number of nitrogens with zero attached hydrogens (tertiary/aromatic N) is 1. The molecule has 1 amide bonds. The molecule has 1 aromatic carbocycles. The standard InChI is InChI=1S/C13H15FN2O2/c14-10-5-2-1-4-9(10)12(17)8-16-7-3-6-11(16)13(15)18/h1-2,4-5,11H,3,6-8H2,(H2,15,18). The van der Waals surface area contributed by atoms with E-state index in [0.717, 1.165) is 6.42 Å². The highest BCUT2D eigenvalue weighted by atomic mass is 19.1. The van der Waals surface area contributed by atoms with E-state index < -0.39 is 17.8 Å². The zero-order valence-corrected chi connectivity index (χ0v) is 9.93. The first-order valence-electron chi connectivity index (χ1n) is 5.90. The molecule has 1 aliphatic rings. The van der Waals surface area contributed by atoms with Crippen LogP contribution in [0.3, 0.4) is 0 Å². The summed E-state index contributed by atoms with van der Waals surface area (Å²) in [6.07, 6.45) is 1.50. The maximum absolute atomic E-state index is 13.4. The van der Waals surface area contributed by atoms with Crippen molar-refractivity contribution in [3.63, 3.8) is 0 Å². The van der Waals surface area contributed by atoms with Gasteiger partial charge >= 0.3 is 0 Å². The largest absolute Gasteiger partial charge is 0.368 e. The SMILES string of the molecule is NC(=O)C1CCCN1CC(=O)c1ccccc1F. The van der Waals surface area contributed by atoms with Crippen molar-refractivity contribution < 1.29 is 14.0 Å². The number of amides is 1. The van der Waals surface area contributed by atoms with E-state index in [0.29, 0.717) is 13.0 Å². The number of ketones is 1. The van der Waals surface area contributed by atoms with Crippen molar-refractivity contribution >= 4 is 11.7 Å². The van der Waals surface area contributed by atoms with Crippen molar-refractivity contribution in [2.45, 2.75) is 18.9 Å². The van der Waals surface area contributed by atoms with Crippen molar-refractivity contribution in [1.82, 2.24) is 4.90 Å². The molecule has 0 aromatic heterocycles. The monoisotopic (exact) mass is 250 g/mol. The molecule has 2 rings (SSSR count). The van der Waals surface area contributed by atoms with E-state index in [-0.39, 0.29) is 17.9 Å². The molecule has 1 saturated heterocycles. The Kier molecular flexibility index (Phi) is 3.72. The predicted octanol–water partition coefficient (Wildman–Crippen LogP) is 0.958. The fourth-order valence-electron chi connectivity index (χ4n) is 2.29. The van der Waals surface area contributed by atoms with Crippen LogP contribution in [0.25, 0.3) is 0 Å². The smallest absolute Gasteiger partial charge is 0.234 e. The van der Waals surface area contributed by atoms with Gasteiger partial charge in [-0.2, -0.15) is 0 Å². The maximum atomic E-state index is 13.4. The Bertz CT molecular complexity index is 476. The summed E-state index contributed by atoms with van der Waals surface area (Å²) in [7, 11) is 0. The molecule has 96 valence electrons. The number of benzene rings is 1. The zero-order chi connectivity index (χ0) is 13.1. The molecule has 0 saturated carbocycles. The lowest BCUT2D eigenvalue weighted by Gasteiger charge is -2.20. The van der Waals surface area contributed by atoms with E-state index in [2.05, 4.69) is 0 Å². The quantitative estimate of drug-likeness (QED) is 0.809. The summed E-state index contributed by atoms with van der Waals surface area (Å²) in [5.74, 6) is -1.27. The third-order valence-electron chi connectivity index (χ3n) is 3.21. The number of rotatable bonds is 4. The van der Waals surface area contributed by atoms with Gasteiger partial charge in [-0.1, -0.05) is 12.1 Å². The average Bonchev–Trinajstić information content (AvgIpc) is 2.77. The summed E-state index contributed by atoms with van der Waals surface area (Å²) in [6.45, 7) is 0.683. The van der Waals surface area contributed by atoms with Gasteiger partial charge in [0, 0.05) is 0 Å². The topological polar surface area (TPSA) is 63.4 Å². The Morgan fingerprint density at radius 1 is 1.39 bits per heavy atom. The van der Waals surface area contributed by atoms with E-state index in [9.17, 15) is 14.0 Å². The fraction of sp³-hybridized carbons (Fsp3) is 0.385. The summed E-state index contributed by atoms with van der Waals surface area (Å²) in [5, 5.41) is 0. The molecule has 0 bridgehead atoms. The average molecular weight is 250 g/mol. The fourth-order valence-corrected chi connectivity index (χ4v) is 2.29. The molecular formula is C13H15FN2O2. The van der Waals surface area contributed by atoms with Gasteiger partial charge in [0.2, 0.25) is 5.91 Å². The third-order valence-corrected chi connectivity index (χ3v) is 3.21. The highest BCUT2D eigenvalue weighted by molar-refractivity contribution is 5.98. The Morgan fingerprint density at radius 3 is 2.78 bits per heavy atom. The summed E-state index contributed by atoms with van der Waals surface area (Å²) < 4.78 is 13.4. The minimum absolute atomic E-state index is 0.0362. The number of carbonyl (C=O) groups is 2. The summed E-state index contributed by atoms with van der Waals surface area (Å²) >= 11 is 0. The molecule has 0 aliphatic carbocycles. The van der Waals surface area contributed by atoms with Crippen LogP contribution in [0.15, 0.2) is 24.3 Å². The van der Waals surface area contributed by atoms with Crippen LogP contribution in [-0.2, 0) is 4.79 Å². The third kappa shape index (κ3) is 2.56. The number of nitrogens with two attached hydrogens (primary N) is 1. The van der Waals surface area contributed by atoms with E-state index in [4.69, 9.17) is 5.73 Å². The van der Waals surface area contributed by atoms with Crippen LogP contribution in [0.1, 0.15) is 23.2 Å². The minimum atomic E-state index is -0.530. The molecule has 0 spiro atoms. The lowest BCUT2D eigenvalue weighted by Crippen LogP contribution is -2.42. The lowest BCUT2D eigenvalue weighted by atomic mass is 10.1. The van der Waals surface area contributed by atoms with Gasteiger partial charge in [0.1, 0.15) is 5.82 Å². The molecule has 5 heteroatoms. The number of primary amides is 1.